The lowest BCUT2D eigenvalue weighted by Gasteiger charge is -2.22. The highest BCUT2D eigenvalue weighted by Crippen LogP contribution is 2.27. The Labute approximate surface area is 97.8 Å². The van der Waals surface area contributed by atoms with Crippen LogP contribution in [-0.2, 0) is 0 Å². The molecule has 2 atom stereocenters. The molecule has 0 aromatic carbocycles. The van der Waals surface area contributed by atoms with E-state index in [2.05, 4.69) is 41.5 Å². The molecule has 0 nitrogen and oxygen atoms in total. The predicted molar refractivity (Wildman–Crippen MR) is 71.1 cm³/mol. The zero-order valence-electron chi connectivity index (χ0n) is 11.8. The van der Waals surface area contributed by atoms with E-state index in [4.69, 9.17) is 0 Å². The van der Waals surface area contributed by atoms with Crippen LogP contribution < -0.4 is 0 Å². The molecule has 0 aliphatic carbocycles. The quantitative estimate of drug-likeness (QED) is 0.497. The standard InChI is InChI=1S/C15H32/c1-7-14(6)11-15(10-13(4)5)9-8-12(2)3/h12-15H,7-11H2,1-6H3. The summed E-state index contributed by atoms with van der Waals surface area (Å²) in [5, 5.41) is 0. The van der Waals surface area contributed by atoms with E-state index in [-0.39, 0.29) is 0 Å². The lowest BCUT2D eigenvalue weighted by atomic mass is 9.83. The van der Waals surface area contributed by atoms with E-state index in [0.717, 1.165) is 23.7 Å². The first-order valence-corrected chi connectivity index (χ1v) is 6.95. The van der Waals surface area contributed by atoms with Gasteiger partial charge in [-0.2, -0.15) is 0 Å². The van der Waals surface area contributed by atoms with Gasteiger partial charge in [-0.1, -0.05) is 60.8 Å². The van der Waals surface area contributed by atoms with Crippen molar-refractivity contribution in [3.8, 4) is 0 Å². The minimum absolute atomic E-state index is 0.867. The molecule has 0 aromatic heterocycles. The summed E-state index contributed by atoms with van der Waals surface area (Å²) in [4.78, 5) is 0. The van der Waals surface area contributed by atoms with Gasteiger partial charge in [0, 0.05) is 0 Å². The van der Waals surface area contributed by atoms with E-state index in [9.17, 15) is 0 Å². The van der Waals surface area contributed by atoms with Crippen molar-refractivity contribution in [3.05, 3.63) is 0 Å². The van der Waals surface area contributed by atoms with Crippen molar-refractivity contribution >= 4 is 0 Å². The minimum atomic E-state index is 0.867. The minimum Gasteiger partial charge on any atom is -0.0651 e. The van der Waals surface area contributed by atoms with Gasteiger partial charge in [-0.25, -0.2) is 0 Å². The molecule has 0 saturated heterocycles. The Balaban J connectivity index is 3.94. The Morgan fingerprint density at radius 3 is 1.73 bits per heavy atom. The second kappa shape index (κ2) is 8.19. The highest BCUT2D eigenvalue weighted by molar-refractivity contribution is 4.66. The topological polar surface area (TPSA) is 0 Å². The van der Waals surface area contributed by atoms with Gasteiger partial charge in [0.05, 0.1) is 0 Å². The normalized spacial score (nSPS) is 16.0. The highest BCUT2D eigenvalue weighted by Gasteiger charge is 2.14. The Bertz CT molecular complexity index is 135. The summed E-state index contributed by atoms with van der Waals surface area (Å²) in [6.07, 6.45) is 7.07. The van der Waals surface area contributed by atoms with Gasteiger partial charge < -0.3 is 0 Å². The summed E-state index contributed by atoms with van der Waals surface area (Å²) in [5.74, 6) is 3.63. The molecule has 0 spiro atoms. The van der Waals surface area contributed by atoms with Crippen LogP contribution in [0.4, 0.5) is 0 Å². The summed E-state index contributed by atoms with van der Waals surface area (Å²) in [7, 11) is 0. The Morgan fingerprint density at radius 1 is 0.733 bits per heavy atom. The van der Waals surface area contributed by atoms with Crippen LogP contribution in [0.25, 0.3) is 0 Å². The van der Waals surface area contributed by atoms with Crippen molar-refractivity contribution in [2.24, 2.45) is 23.7 Å². The molecular formula is C15H32. The third-order valence-electron chi connectivity index (χ3n) is 3.39. The molecule has 0 bridgehead atoms. The lowest BCUT2D eigenvalue weighted by molar-refractivity contribution is 0.294. The molecule has 0 aromatic rings. The van der Waals surface area contributed by atoms with Crippen LogP contribution in [0.2, 0.25) is 0 Å². The van der Waals surface area contributed by atoms with E-state index < -0.39 is 0 Å². The Morgan fingerprint density at radius 2 is 1.33 bits per heavy atom. The molecule has 0 amide bonds. The van der Waals surface area contributed by atoms with Crippen LogP contribution >= 0.6 is 0 Å². The van der Waals surface area contributed by atoms with Crippen LogP contribution in [0.15, 0.2) is 0 Å². The van der Waals surface area contributed by atoms with Gasteiger partial charge in [0.1, 0.15) is 0 Å². The molecule has 0 fully saturated rings. The summed E-state index contributed by atoms with van der Waals surface area (Å²) in [6, 6.07) is 0. The fourth-order valence-corrected chi connectivity index (χ4v) is 2.30. The predicted octanol–water partition coefficient (Wildman–Crippen LogP) is 5.52. The summed E-state index contributed by atoms with van der Waals surface area (Å²) in [5.41, 5.74) is 0. The molecule has 15 heavy (non-hydrogen) atoms. The van der Waals surface area contributed by atoms with Crippen molar-refractivity contribution in [1.29, 1.82) is 0 Å². The first-order chi connectivity index (χ1) is 6.95. The van der Waals surface area contributed by atoms with Gasteiger partial charge in [0.2, 0.25) is 0 Å². The molecule has 2 unspecified atom stereocenters. The van der Waals surface area contributed by atoms with Crippen LogP contribution in [0.5, 0.6) is 0 Å². The number of hydrogen-bond donors (Lipinski definition) is 0. The zero-order valence-corrected chi connectivity index (χ0v) is 11.8. The fourth-order valence-electron chi connectivity index (χ4n) is 2.30. The largest absolute Gasteiger partial charge is 0.0651 e. The maximum atomic E-state index is 2.41. The van der Waals surface area contributed by atoms with Crippen molar-refractivity contribution in [3.63, 3.8) is 0 Å². The van der Waals surface area contributed by atoms with E-state index in [1.807, 2.05) is 0 Å². The first kappa shape index (κ1) is 15.0. The van der Waals surface area contributed by atoms with Crippen molar-refractivity contribution < 1.29 is 0 Å². The maximum absolute atomic E-state index is 2.41. The molecule has 0 aliphatic heterocycles. The third-order valence-corrected chi connectivity index (χ3v) is 3.39. The third kappa shape index (κ3) is 8.96. The van der Waals surface area contributed by atoms with E-state index in [1.54, 1.807) is 0 Å². The molecule has 0 saturated carbocycles. The van der Waals surface area contributed by atoms with Crippen LogP contribution in [-0.4, -0.2) is 0 Å². The smallest absolute Gasteiger partial charge is 0.0409 e. The van der Waals surface area contributed by atoms with E-state index in [1.165, 1.54) is 32.1 Å². The molecule has 0 heterocycles. The summed E-state index contributed by atoms with van der Waals surface area (Å²) in [6.45, 7) is 14.1. The molecule has 0 heteroatoms. The van der Waals surface area contributed by atoms with E-state index in [0.29, 0.717) is 0 Å². The van der Waals surface area contributed by atoms with Crippen LogP contribution in [0, 0.1) is 23.7 Å². The highest BCUT2D eigenvalue weighted by atomic mass is 14.2. The van der Waals surface area contributed by atoms with Crippen molar-refractivity contribution in [2.45, 2.75) is 73.6 Å². The SMILES string of the molecule is CCC(C)CC(CCC(C)C)CC(C)C. The zero-order chi connectivity index (χ0) is 11.8. The van der Waals surface area contributed by atoms with Gasteiger partial charge in [-0.15, -0.1) is 0 Å². The average Bonchev–Trinajstić information content (AvgIpc) is 2.13. The van der Waals surface area contributed by atoms with E-state index >= 15 is 0 Å². The van der Waals surface area contributed by atoms with Gasteiger partial charge in [0.15, 0.2) is 0 Å². The second-order valence-corrected chi connectivity index (χ2v) is 6.22. The lowest BCUT2D eigenvalue weighted by Crippen LogP contribution is -2.10. The van der Waals surface area contributed by atoms with Gasteiger partial charge in [0.25, 0.3) is 0 Å². The Kier molecular flexibility index (Phi) is 8.19. The van der Waals surface area contributed by atoms with Crippen LogP contribution in [0.3, 0.4) is 0 Å². The molecule has 0 aliphatic rings. The summed E-state index contributed by atoms with van der Waals surface area (Å²) >= 11 is 0. The summed E-state index contributed by atoms with van der Waals surface area (Å²) < 4.78 is 0. The Hall–Kier alpha value is 0. The molecular weight excluding hydrogens is 180 g/mol. The average molecular weight is 212 g/mol. The maximum Gasteiger partial charge on any atom is -0.0409 e. The number of rotatable bonds is 8. The van der Waals surface area contributed by atoms with Gasteiger partial charge in [-0.3, -0.25) is 0 Å². The van der Waals surface area contributed by atoms with Crippen molar-refractivity contribution in [1.82, 2.24) is 0 Å². The fraction of sp³-hybridized carbons (Fsp3) is 1.00. The number of hydrogen-bond acceptors (Lipinski definition) is 0. The molecule has 0 rings (SSSR count). The van der Waals surface area contributed by atoms with Crippen molar-refractivity contribution in [2.75, 3.05) is 0 Å². The van der Waals surface area contributed by atoms with Gasteiger partial charge in [-0.05, 0) is 36.5 Å². The van der Waals surface area contributed by atoms with Crippen LogP contribution in [0.1, 0.15) is 73.6 Å². The first-order valence-electron chi connectivity index (χ1n) is 6.95. The monoisotopic (exact) mass is 212 g/mol. The molecule has 0 N–H and O–H groups in total. The van der Waals surface area contributed by atoms with Gasteiger partial charge >= 0.3 is 0 Å². The molecule has 0 radical (unpaired) electrons. The molecule has 92 valence electrons. The second-order valence-electron chi connectivity index (χ2n) is 6.22.